The fourth-order valence-corrected chi connectivity index (χ4v) is 5.91. The van der Waals surface area contributed by atoms with Gasteiger partial charge in [0.2, 0.25) is 0 Å². The number of rotatable bonds is 6. The summed E-state index contributed by atoms with van der Waals surface area (Å²) in [6.07, 6.45) is 2.57. The lowest BCUT2D eigenvalue weighted by atomic mass is 9.73. The summed E-state index contributed by atoms with van der Waals surface area (Å²) in [6, 6.07) is 32.0. The minimum atomic E-state index is -1.49. The number of aliphatic hydroxyl groups excluding tert-OH is 1. The Morgan fingerprint density at radius 3 is 2.28 bits per heavy atom. The smallest absolute Gasteiger partial charge is 0.159 e. The number of benzene rings is 3. The van der Waals surface area contributed by atoms with Gasteiger partial charge in [0, 0.05) is 34.6 Å². The molecule has 5 aromatic rings. The van der Waals surface area contributed by atoms with Crippen LogP contribution in [0.4, 0.5) is 0 Å². The number of thiophene rings is 1. The Hall–Kier alpha value is -3.62. The first-order valence-electron chi connectivity index (χ1n) is 12.3. The van der Waals surface area contributed by atoms with Crippen LogP contribution >= 0.6 is 11.3 Å². The standard InChI is InChI=1S/C32H27NO2S/c34-30(28-23-33(22-24-10-3-1-4-11-24)29-16-8-7-15-27(28)29)31(19-20-31)32(35,25-12-5-2-6-13-25)18-17-26-14-9-21-36-26/h1-16,21,23,30,34-35H,19-20,22H2. The molecule has 0 radical (unpaired) electrons. The third-order valence-electron chi connectivity index (χ3n) is 7.42. The first-order valence-corrected chi connectivity index (χ1v) is 13.1. The van der Waals surface area contributed by atoms with Gasteiger partial charge in [-0.05, 0) is 41.5 Å². The van der Waals surface area contributed by atoms with Crippen molar-refractivity contribution in [3.63, 3.8) is 0 Å². The van der Waals surface area contributed by atoms with Gasteiger partial charge < -0.3 is 14.8 Å². The second kappa shape index (κ2) is 9.11. The molecule has 36 heavy (non-hydrogen) atoms. The monoisotopic (exact) mass is 489 g/mol. The summed E-state index contributed by atoms with van der Waals surface area (Å²) in [5, 5.41) is 27.3. The van der Waals surface area contributed by atoms with E-state index in [2.05, 4.69) is 46.9 Å². The highest BCUT2D eigenvalue weighted by Gasteiger charge is 2.64. The molecule has 178 valence electrons. The Bertz CT molecular complexity index is 1540. The molecule has 0 amide bonds. The molecule has 3 aromatic carbocycles. The maximum Gasteiger partial charge on any atom is 0.159 e. The molecule has 0 spiro atoms. The van der Waals surface area contributed by atoms with Crippen molar-refractivity contribution in [1.82, 2.24) is 4.57 Å². The molecule has 0 bridgehead atoms. The molecule has 4 heteroatoms. The second-order valence-electron chi connectivity index (χ2n) is 9.58. The SMILES string of the molecule is OC(c1cn(Cc2ccccc2)c2ccccc12)C1(C(O)(C#Cc2cccs2)c2ccccc2)CC1. The normalized spacial score (nSPS) is 16.6. The van der Waals surface area contributed by atoms with Crippen molar-refractivity contribution in [2.75, 3.05) is 0 Å². The molecule has 2 aromatic heterocycles. The van der Waals surface area contributed by atoms with Crippen LogP contribution in [0.2, 0.25) is 0 Å². The van der Waals surface area contributed by atoms with Crippen LogP contribution in [0.15, 0.2) is 109 Å². The van der Waals surface area contributed by atoms with Crippen LogP contribution < -0.4 is 0 Å². The first-order chi connectivity index (χ1) is 17.6. The molecule has 1 aliphatic rings. The molecule has 6 rings (SSSR count). The Labute approximate surface area is 215 Å². The van der Waals surface area contributed by atoms with Crippen LogP contribution in [0.25, 0.3) is 10.9 Å². The third-order valence-corrected chi connectivity index (χ3v) is 8.21. The fraction of sp³-hybridized carbons (Fsp3) is 0.188. The van der Waals surface area contributed by atoms with Gasteiger partial charge in [0.05, 0.1) is 11.0 Å². The first kappa shape index (κ1) is 22.8. The van der Waals surface area contributed by atoms with E-state index in [1.807, 2.05) is 78.2 Å². The van der Waals surface area contributed by atoms with Crippen molar-refractivity contribution in [2.45, 2.75) is 31.1 Å². The number of aliphatic hydroxyl groups is 2. The molecule has 2 heterocycles. The summed E-state index contributed by atoms with van der Waals surface area (Å²) in [5.41, 5.74) is 1.55. The van der Waals surface area contributed by atoms with Crippen LogP contribution in [0.5, 0.6) is 0 Å². The predicted molar refractivity (Wildman–Crippen MR) is 146 cm³/mol. The predicted octanol–water partition coefficient (Wildman–Crippen LogP) is 6.50. The fourth-order valence-electron chi connectivity index (χ4n) is 5.33. The van der Waals surface area contributed by atoms with Gasteiger partial charge in [0.1, 0.15) is 0 Å². The summed E-state index contributed by atoms with van der Waals surface area (Å²) in [6.45, 7) is 0.711. The van der Waals surface area contributed by atoms with Gasteiger partial charge in [-0.2, -0.15) is 0 Å². The molecule has 2 atom stereocenters. The lowest BCUT2D eigenvalue weighted by Crippen LogP contribution is -2.39. The molecular formula is C32H27NO2S. The van der Waals surface area contributed by atoms with E-state index in [0.29, 0.717) is 19.4 Å². The number of nitrogens with zero attached hydrogens (tertiary/aromatic N) is 1. The molecule has 0 saturated heterocycles. The molecule has 2 N–H and O–H groups in total. The van der Waals surface area contributed by atoms with Crippen LogP contribution in [-0.2, 0) is 12.1 Å². The molecule has 1 fully saturated rings. The van der Waals surface area contributed by atoms with E-state index in [1.165, 1.54) is 5.56 Å². The zero-order valence-electron chi connectivity index (χ0n) is 19.8. The molecule has 2 unspecified atom stereocenters. The number of fused-ring (bicyclic) bond motifs is 1. The van der Waals surface area contributed by atoms with Crippen molar-refractivity contribution >= 4 is 22.2 Å². The minimum absolute atomic E-state index is 0.691. The Balaban J connectivity index is 1.45. The van der Waals surface area contributed by atoms with E-state index < -0.39 is 17.1 Å². The van der Waals surface area contributed by atoms with Crippen molar-refractivity contribution in [2.24, 2.45) is 5.41 Å². The van der Waals surface area contributed by atoms with Crippen LogP contribution in [0.3, 0.4) is 0 Å². The topological polar surface area (TPSA) is 45.4 Å². The van der Waals surface area contributed by atoms with E-state index in [4.69, 9.17) is 0 Å². The largest absolute Gasteiger partial charge is 0.388 e. The zero-order valence-corrected chi connectivity index (χ0v) is 20.7. The molecule has 0 aliphatic heterocycles. The van der Waals surface area contributed by atoms with Gasteiger partial charge in [0.15, 0.2) is 5.60 Å². The van der Waals surface area contributed by atoms with Gasteiger partial charge in [-0.1, -0.05) is 96.8 Å². The quantitative estimate of drug-likeness (QED) is 0.267. The van der Waals surface area contributed by atoms with Gasteiger partial charge in [-0.15, -0.1) is 11.3 Å². The highest BCUT2D eigenvalue weighted by atomic mass is 32.1. The van der Waals surface area contributed by atoms with Crippen LogP contribution in [0, 0.1) is 17.3 Å². The van der Waals surface area contributed by atoms with E-state index in [9.17, 15) is 10.2 Å². The van der Waals surface area contributed by atoms with Crippen molar-refractivity contribution < 1.29 is 10.2 Å². The van der Waals surface area contributed by atoms with E-state index in [0.717, 1.165) is 26.9 Å². The molecule has 1 aliphatic carbocycles. The summed E-state index contributed by atoms with van der Waals surface area (Å²) in [4.78, 5) is 0.897. The van der Waals surface area contributed by atoms with Crippen molar-refractivity contribution in [3.8, 4) is 11.8 Å². The van der Waals surface area contributed by atoms with Crippen molar-refractivity contribution in [3.05, 3.63) is 130 Å². The average Bonchev–Trinajstić information content (AvgIpc) is 3.44. The lowest BCUT2D eigenvalue weighted by Gasteiger charge is -2.36. The number of hydrogen-bond acceptors (Lipinski definition) is 3. The summed E-state index contributed by atoms with van der Waals surface area (Å²) in [7, 11) is 0. The maximum atomic E-state index is 12.3. The number of para-hydroxylation sites is 1. The second-order valence-corrected chi connectivity index (χ2v) is 10.5. The summed E-state index contributed by atoms with van der Waals surface area (Å²) < 4.78 is 2.19. The Morgan fingerprint density at radius 2 is 1.58 bits per heavy atom. The van der Waals surface area contributed by atoms with Crippen molar-refractivity contribution in [1.29, 1.82) is 0 Å². The zero-order chi connectivity index (χ0) is 24.6. The lowest BCUT2D eigenvalue weighted by molar-refractivity contribution is -0.0555. The molecule has 1 saturated carbocycles. The summed E-state index contributed by atoms with van der Waals surface area (Å²) in [5.74, 6) is 6.41. The van der Waals surface area contributed by atoms with E-state index in [1.54, 1.807) is 11.3 Å². The van der Waals surface area contributed by atoms with Crippen LogP contribution in [0.1, 0.15) is 40.5 Å². The molecule has 3 nitrogen and oxygen atoms in total. The number of hydrogen-bond donors (Lipinski definition) is 2. The van der Waals surface area contributed by atoms with E-state index in [-0.39, 0.29) is 0 Å². The van der Waals surface area contributed by atoms with Crippen LogP contribution in [-0.4, -0.2) is 14.8 Å². The third kappa shape index (κ3) is 3.86. The van der Waals surface area contributed by atoms with Gasteiger partial charge in [-0.25, -0.2) is 0 Å². The number of aromatic nitrogens is 1. The maximum absolute atomic E-state index is 12.3. The van der Waals surface area contributed by atoms with E-state index >= 15 is 0 Å². The minimum Gasteiger partial charge on any atom is -0.388 e. The Morgan fingerprint density at radius 1 is 0.889 bits per heavy atom. The summed E-state index contributed by atoms with van der Waals surface area (Å²) >= 11 is 1.55. The Kier molecular flexibility index (Phi) is 5.78. The highest BCUT2D eigenvalue weighted by molar-refractivity contribution is 7.10. The highest BCUT2D eigenvalue weighted by Crippen LogP contribution is 2.65. The van der Waals surface area contributed by atoms with Gasteiger partial charge >= 0.3 is 0 Å². The molecular weight excluding hydrogens is 462 g/mol. The van der Waals surface area contributed by atoms with Gasteiger partial charge in [0.25, 0.3) is 0 Å². The average molecular weight is 490 g/mol. The van der Waals surface area contributed by atoms with Gasteiger partial charge in [-0.3, -0.25) is 0 Å².